The highest BCUT2D eigenvalue weighted by Crippen LogP contribution is 2.34. The Morgan fingerprint density at radius 1 is 1.15 bits per heavy atom. The second kappa shape index (κ2) is 8.97. The van der Waals surface area contributed by atoms with Crippen molar-refractivity contribution in [2.45, 2.75) is 26.2 Å². The number of esters is 1. The molecule has 1 aliphatic carbocycles. The summed E-state index contributed by atoms with van der Waals surface area (Å²) < 4.78 is 5.22. The number of benzene rings is 1. The summed E-state index contributed by atoms with van der Waals surface area (Å²) in [5, 5.41) is 2.43. The monoisotopic (exact) mass is 465 g/mol. The van der Waals surface area contributed by atoms with Crippen molar-refractivity contribution in [3.8, 4) is 0 Å². The van der Waals surface area contributed by atoms with E-state index in [0.29, 0.717) is 54.4 Å². The molecule has 2 N–H and O–H groups in total. The van der Waals surface area contributed by atoms with Crippen molar-refractivity contribution in [3.63, 3.8) is 0 Å². The lowest BCUT2D eigenvalue weighted by atomic mass is 9.83. The van der Waals surface area contributed by atoms with E-state index in [0.717, 1.165) is 19.3 Å². The van der Waals surface area contributed by atoms with E-state index in [2.05, 4.69) is 33.1 Å². The Kier molecular flexibility index (Phi) is 5.88. The van der Waals surface area contributed by atoms with Crippen molar-refractivity contribution < 1.29 is 14.3 Å². The number of nitrogen functional groups attached to an aromatic ring is 1. The Balaban J connectivity index is 1.32. The normalized spacial score (nSPS) is 18.3. The standard InChI is InChI=1S/C24H27N5O3S/c1-2-32-23(31)18-14-33-21-19(18)20(26-24(25)27-21)28-9-11-29(12-10-28)22(30)17-8-7-15-5-3-4-6-16(15)13-17/h3-6,14,17H,2,7-13H2,1H3,(H2,25,26,27). The first-order chi connectivity index (χ1) is 16.0. The van der Waals surface area contributed by atoms with Gasteiger partial charge in [0.1, 0.15) is 10.6 Å². The molecular formula is C24H27N5O3S. The van der Waals surface area contributed by atoms with Crippen LogP contribution in [0.4, 0.5) is 11.8 Å². The second-order valence-electron chi connectivity index (χ2n) is 8.48. The van der Waals surface area contributed by atoms with Crippen LogP contribution in [0.25, 0.3) is 10.2 Å². The van der Waals surface area contributed by atoms with Gasteiger partial charge in [-0.25, -0.2) is 9.78 Å². The highest BCUT2D eigenvalue weighted by Gasteiger charge is 2.31. The molecule has 3 aromatic rings. The van der Waals surface area contributed by atoms with E-state index < -0.39 is 0 Å². The third kappa shape index (κ3) is 4.13. The minimum absolute atomic E-state index is 0.0418. The van der Waals surface area contributed by atoms with Gasteiger partial charge in [-0.05, 0) is 37.3 Å². The largest absolute Gasteiger partial charge is 0.462 e. The molecule has 1 unspecified atom stereocenters. The maximum atomic E-state index is 13.2. The number of hydrogen-bond donors (Lipinski definition) is 1. The van der Waals surface area contributed by atoms with Gasteiger partial charge in [0.05, 0.1) is 17.6 Å². The summed E-state index contributed by atoms with van der Waals surface area (Å²) in [5.41, 5.74) is 9.09. The predicted molar refractivity (Wildman–Crippen MR) is 129 cm³/mol. The molecular weight excluding hydrogens is 438 g/mol. The maximum absolute atomic E-state index is 13.2. The number of carbonyl (C=O) groups excluding carboxylic acids is 2. The molecule has 33 heavy (non-hydrogen) atoms. The average Bonchev–Trinajstić information content (AvgIpc) is 3.27. The van der Waals surface area contributed by atoms with Crippen LogP contribution in [-0.4, -0.2) is 59.5 Å². The number of thiophene rings is 1. The van der Waals surface area contributed by atoms with Crippen molar-refractivity contribution in [2.24, 2.45) is 5.92 Å². The first kappa shape index (κ1) is 21.6. The van der Waals surface area contributed by atoms with E-state index >= 15 is 0 Å². The van der Waals surface area contributed by atoms with Crippen molar-refractivity contribution in [3.05, 3.63) is 46.3 Å². The average molecular weight is 466 g/mol. The van der Waals surface area contributed by atoms with Crippen LogP contribution in [0.15, 0.2) is 29.6 Å². The molecule has 2 aromatic heterocycles. The third-order valence-corrected chi connectivity index (χ3v) is 7.39. The van der Waals surface area contributed by atoms with E-state index in [-0.39, 0.29) is 23.7 Å². The summed E-state index contributed by atoms with van der Waals surface area (Å²) in [5.74, 6) is 0.707. The van der Waals surface area contributed by atoms with E-state index in [1.807, 2.05) is 11.0 Å². The van der Waals surface area contributed by atoms with Gasteiger partial charge in [-0.3, -0.25) is 4.79 Å². The van der Waals surface area contributed by atoms with Gasteiger partial charge in [-0.1, -0.05) is 24.3 Å². The van der Waals surface area contributed by atoms with Crippen molar-refractivity contribution in [2.75, 3.05) is 43.4 Å². The Morgan fingerprint density at radius 3 is 2.67 bits per heavy atom. The molecule has 1 atom stereocenters. The van der Waals surface area contributed by atoms with Crippen molar-refractivity contribution in [1.29, 1.82) is 0 Å². The van der Waals surface area contributed by atoms with Gasteiger partial charge in [0.15, 0.2) is 0 Å². The molecule has 1 amide bonds. The summed E-state index contributed by atoms with van der Waals surface area (Å²) in [6.45, 7) is 4.55. The Bertz CT molecular complexity index is 1200. The zero-order chi connectivity index (χ0) is 22.9. The second-order valence-corrected chi connectivity index (χ2v) is 9.33. The smallest absolute Gasteiger partial charge is 0.339 e. The summed E-state index contributed by atoms with van der Waals surface area (Å²) in [4.78, 5) is 39.2. The summed E-state index contributed by atoms with van der Waals surface area (Å²) in [6, 6.07) is 8.42. The lowest BCUT2D eigenvalue weighted by molar-refractivity contribution is -0.136. The first-order valence-corrected chi connectivity index (χ1v) is 12.3. The fourth-order valence-electron chi connectivity index (χ4n) is 4.83. The molecule has 5 rings (SSSR count). The number of rotatable bonds is 4. The van der Waals surface area contributed by atoms with Gasteiger partial charge in [-0.15, -0.1) is 11.3 Å². The van der Waals surface area contributed by atoms with Gasteiger partial charge in [0, 0.05) is 37.5 Å². The highest BCUT2D eigenvalue weighted by molar-refractivity contribution is 7.17. The molecule has 172 valence electrons. The fourth-order valence-corrected chi connectivity index (χ4v) is 5.74. The molecule has 0 spiro atoms. The number of aromatic nitrogens is 2. The van der Waals surface area contributed by atoms with E-state index in [9.17, 15) is 9.59 Å². The van der Waals surface area contributed by atoms with Crippen LogP contribution in [0, 0.1) is 5.92 Å². The molecule has 9 heteroatoms. The van der Waals surface area contributed by atoms with Crippen molar-refractivity contribution >= 4 is 45.2 Å². The predicted octanol–water partition coefficient (Wildman–Crippen LogP) is 2.90. The van der Waals surface area contributed by atoms with Gasteiger partial charge >= 0.3 is 5.97 Å². The van der Waals surface area contributed by atoms with Crippen LogP contribution in [0.1, 0.15) is 34.8 Å². The van der Waals surface area contributed by atoms with Crippen molar-refractivity contribution in [1.82, 2.24) is 14.9 Å². The highest BCUT2D eigenvalue weighted by atomic mass is 32.1. The van der Waals surface area contributed by atoms with Crippen LogP contribution < -0.4 is 10.6 Å². The zero-order valence-electron chi connectivity index (χ0n) is 18.6. The third-order valence-electron chi connectivity index (χ3n) is 6.51. The SMILES string of the molecule is CCOC(=O)c1csc2nc(N)nc(N3CCN(C(=O)C4CCc5ccccc5C4)CC3)c12. The van der Waals surface area contributed by atoms with Gasteiger partial charge in [-0.2, -0.15) is 4.98 Å². The molecule has 1 fully saturated rings. The van der Waals surface area contributed by atoms with Gasteiger partial charge in [0.2, 0.25) is 11.9 Å². The molecule has 0 bridgehead atoms. The number of piperazine rings is 1. The molecule has 1 aromatic carbocycles. The molecule has 1 saturated heterocycles. The van der Waals surface area contributed by atoms with E-state index in [1.54, 1.807) is 12.3 Å². The molecule has 1 aliphatic heterocycles. The minimum Gasteiger partial charge on any atom is -0.462 e. The number of ether oxygens (including phenoxy) is 1. The van der Waals surface area contributed by atoms with Gasteiger partial charge in [0.25, 0.3) is 0 Å². The number of carbonyl (C=O) groups is 2. The number of aryl methyl sites for hydroxylation is 1. The topological polar surface area (TPSA) is 102 Å². The number of hydrogen-bond acceptors (Lipinski definition) is 8. The molecule has 2 aliphatic rings. The maximum Gasteiger partial charge on any atom is 0.339 e. The van der Waals surface area contributed by atoms with Crippen LogP contribution in [0.3, 0.4) is 0 Å². The Labute approximate surface area is 196 Å². The Hall–Kier alpha value is -3.20. The van der Waals surface area contributed by atoms with Crippen LogP contribution in [-0.2, 0) is 22.4 Å². The number of nitrogens with zero attached hydrogens (tertiary/aromatic N) is 4. The molecule has 0 radical (unpaired) electrons. The Morgan fingerprint density at radius 2 is 1.91 bits per heavy atom. The summed E-state index contributed by atoms with van der Waals surface area (Å²) in [6.07, 6.45) is 2.67. The van der Waals surface area contributed by atoms with E-state index in [1.165, 1.54) is 22.5 Å². The number of anilines is 2. The minimum atomic E-state index is -0.384. The number of amides is 1. The number of nitrogens with two attached hydrogens (primary N) is 1. The first-order valence-electron chi connectivity index (χ1n) is 11.4. The van der Waals surface area contributed by atoms with Crippen LogP contribution in [0.2, 0.25) is 0 Å². The number of fused-ring (bicyclic) bond motifs is 2. The quantitative estimate of drug-likeness (QED) is 0.591. The zero-order valence-corrected chi connectivity index (χ0v) is 19.4. The summed E-state index contributed by atoms with van der Waals surface area (Å²) >= 11 is 1.36. The lowest BCUT2D eigenvalue weighted by Gasteiger charge is -2.38. The van der Waals surface area contributed by atoms with Gasteiger partial charge < -0.3 is 20.3 Å². The van der Waals surface area contributed by atoms with Crippen LogP contribution in [0.5, 0.6) is 0 Å². The van der Waals surface area contributed by atoms with E-state index in [4.69, 9.17) is 10.5 Å². The lowest BCUT2D eigenvalue weighted by Crippen LogP contribution is -2.51. The fraction of sp³-hybridized carbons (Fsp3) is 0.417. The van der Waals surface area contributed by atoms with Crippen LogP contribution >= 0.6 is 11.3 Å². The molecule has 8 nitrogen and oxygen atoms in total. The molecule has 3 heterocycles. The summed E-state index contributed by atoms with van der Waals surface area (Å²) in [7, 11) is 0. The molecule has 0 saturated carbocycles.